The summed E-state index contributed by atoms with van der Waals surface area (Å²) in [5.41, 5.74) is 6.60. The van der Waals surface area contributed by atoms with Crippen LogP contribution in [0.1, 0.15) is 21.6 Å². The Balaban J connectivity index is 1.92. The maximum Gasteiger partial charge on any atom is 0.195 e. The molecule has 0 radical (unpaired) electrons. The third kappa shape index (κ3) is 2.61. The van der Waals surface area contributed by atoms with Crippen molar-refractivity contribution in [3.8, 4) is 28.3 Å². The molecule has 0 saturated carbocycles. The summed E-state index contributed by atoms with van der Waals surface area (Å²) >= 11 is 1.53. The maximum atomic E-state index is 12.0. The number of aryl methyl sites for hydroxylation is 2. The standard InChI is InChI=1S/C21H18N2O2S/c1-13-4-9-17(14(2)10-13)20-18(11-24)23-19(12-26-21(23)22-20)15-5-7-16(25-3)8-6-15/h4-12H,1-3H3. The number of thiazole rings is 1. The van der Waals surface area contributed by atoms with Crippen LogP contribution in [0.5, 0.6) is 5.75 Å². The number of methoxy groups -OCH3 is 1. The molecule has 4 rings (SSSR count). The van der Waals surface area contributed by atoms with Crippen LogP contribution >= 0.6 is 11.3 Å². The first-order chi connectivity index (χ1) is 12.6. The van der Waals surface area contributed by atoms with Gasteiger partial charge in [-0.25, -0.2) is 4.98 Å². The second-order valence-electron chi connectivity index (χ2n) is 6.25. The van der Waals surface area contributed by atoms with Crippen LogP contribution in [0.4, 0.5) is 0 Å². The topological polar surface area (TPSA) is 43.6 Å². The third-order valence-corrected chi connectivity index (χ3v) is 5.36. The summed E-state index contributed by atoms with van der Waals surface area (Å²) in [4.78, 5) is 17.5. The Bertz CT molecular complexity index is 1110. The van der Waals surface area contributed by atoms with Gasteiger partial charge in [0.25, 0.3) is 0 Å². The minimum Gasteiger partial charge on any atom is -0.497 e. The number of fused-ring (bicyclic) bond motifs is 1. The number of carbonyl (C=O) groups is 1. The number of aldehydes is 1. The van der Waals surface area contributed by atoms with E-state index < -0.39 is 0 Å². The molecule has 0 unspecified atom stereocenters. The monoisotopic (exact) mass is 362 g/mol. The molecule has 0 saturated heterocycles. The summed E-state index contributed by atoms with van der Waals surface area (Å²) < 4.78 is 7.17. The van der Waals surface area contributed by atoms with Crippen molar-refractivity contribution in [2.24, 2.45) is 0 Å². The van der Waals surface area contributed by atoms with Gasteiger partial charge >= 0.3 is 0 Å². The first-order valence-corrected chi connectivity index (χ1v) is 9.17. The van der Waals surface area contributed by atoms with Gasteiger partial charge in [-0.05, 0) is 49.2 Å². The summed E-state index contributed by atoms with van der Waals surface area (Å²) in [5, 5.41) is 2.03. The van der Waals surface area contributed by atoms with Gasteiger partial charge in [-0.1, -0.05) is 23.8 Å². The van der Waals surface area contributed by atoms with Crippen LogP contribution in [0.15, 0.2) is 47.8 Å². The minimum atomic E-state index is 0.582. The Hall–Kier alpha value is -2.92. The molecule has 2 aromatic carbocycles. The molecule has 0 atom stereocenters. The summed E-state index contributed by atoms with van der Waals surface area (Å²) in [6.45, 7) is 4.11. The summed E-state index contributed by atoms with van der Waals surface area (Å²) in [5.74, 6) is 0.803. The van der Waals surface area contributed by atoms with Gasteiger partial charge in [0, 0.05) is 10.9 Å². The molecule has 26 heavy (non-hydrogen) atoms. The molecule has 0 amide bonds. The normalized spacial score (nSPS) is 11.0. The number of rotatable bonds is 4. The predicted molar refractivity (Wildman–Crippen MR) is 105 cm³/mol. The number of ether oxygens (including phenoxy) is 1. The summed E-state index contributed by atoms with van der Waals surface area (Å²) in [7, 11) is 1.65. The van der Waals surface area contributed by atoms with Gasteiger partial charge in [0.15, 0.2) is 11.2 Å². The van der Waals surface area contributed by atoms with E-state index in [1.54, 1.807) is 7.11 Å². The Morgan fingerprint density at radius 3 is 2.54 bits per heavy atom. The van der Waals surface area contributed by atoms with Gasteiger partial charge in [-0.2, -0.15) is 0 Å². The van der Waals surface area contributed by atoms with Crippen molar-refractivity contribution in [1.82, 2.24) is 9.38 Å². The van der Waals surface area contributed by atoms with E-state index in [9.17, 15) is 4.79 Å². The number of aromatic nitrogens is 2. The number of benzene rings is 2. The van der Waals surface area contributed by atoms with Gasteiger partial charge in [0.2, 0.25) is 0 Å². The molecule has 4 aromatic rings. The first kappa shape index (κ1) is 16.5. The Morgan fingerprint density at radius 1 is 1.12 bits per heavy atom. The van der Waals surface area contributed by atoms with E-state index in [0.717, 1.165) is 45.1 Å². The van der Waals surface area contributed by atoms with Gasteiger partial charge in [0.05, 0.1) is 12.8 Å². The molecular weight excluding hydrogens is 344 g/mol. The second-order valence-corrected chi connectivity index (χ2v) is 7.09. The fourth-order valence-corrected chi connectivity index (χ4v) is 4.13. The molecule has 0 fully saturated rings. The number of hydrogen-bond donors (Lipinski definition) is 0. The van der Waals surface area contributed by atoms with E-state index in [0.29, 0.717) is 5.69 Å². The fraction of sp³-hybridized carbons (Fsp3) is 0.143. The van der Waals surface area contributed by atoms with Crippen molar-refractivity contribution < 1.29 is 9.53 Å². The van der Waals surface area contributed by atoms with Crippen LogP contribution < -0.4 is 4.74 Å². The highest BCUT2D eigenvalue weighted by Crippen LogP contribution is 2.34. The molecule has 4 nitrogen and oxygen atoms in total. The quantitative estimate of drug-likeness (QED) is 0.471. The number of imidazole rings is 1. The van der Waals surface area contributed by atoms with Crippen LogP contribution in [0.2, 0.25) is 0 Å². The van der Waals surface area contributed by atoms with E-state index in [1.807, 2.05) is 40.1 Å². The first-order valence-electron chi connectivity index (χ1n) is 8.29. The van der Waals surface area contributed by atoms with Crippen LogP contribution in [0, 0.1) is 13.8 Å². The highest BCUT2D eigenvalue weighted by Gasteiger charge is 2.19. The average molecular weight is 362 g/mol. The average Bonchev–Trinajstić information content (AvgIpc) is 3.20. The molecule has 0 aliphatic carbocycles. The van der Waals surface area contributed by atoms with Crippen molar-refractivity contribution >= 4 is 22.6 Å². The van der Waals surface area contributed by atoms with Crippen molar-refractivity contribution in [3.05, 3.63) is 64.7 Å². The highest BCUT2D eigenvalue weighted by atomic mass is 32.1. The number of nitrogens with zero attached hydrogens (tertiary/aromatic N) is 2. The largest absolute Gasteiger partial charge is 0.497 e. The van der Waals surface area contributed by atoms with E-state index in [4.69, 9.17) is 9.72 Å². The molecule has 0 aliphatic rings. The Labute approximate surface area is 155 Å². The maximum absolute atomic E-state index is 12.0. The lowest BCUT2D eigenvalue weighted by molar-refractivity contribution is 0.111. The smallest absolute Gasteiger partial charge is 0.195 e. The van der Waals surface area contributed by atoms with Gasteiger partial charge in [-0.3, -0.25) is 9.20 Å². The van der Waals surface area contributed by atoms with Crippen molar-refractivity contribution in [2.45, 2.75) is 13.8 Å². The molecule has 2 aromatic heterocycles. The third-order valence-electron chi connectivity index (χ3n) is 4.53. The zero-order valence-corrected chi connectivity index (χ0v) is 15.6. The van der Waals surface area contributed by atoms with E-state index in [1.165, 1.54) is 16.9 Å². The number of hydrogen-bond acceptors (Lipinski definition) is 4. The molecule has 0 N–H and O–H groups in total. The zero-order valence-electron chi connectivity index (χ0n) is 14.8. The lowest BCUT2D eigenvalue weighted by Crippen LogP contribution is -1.95. The molecule has 0 spiro atoms. The van der Waals surface area contributed by atoms with Crippen LogP contribution in [-0.4, -0.2) is 22.8 Å². The van der Waals surface area contributed by atoms with Crippen LogP contribution in [0.25, 0.3) is 27.5 Å². The van der Waals surface area contributed by atoms with Crippen molar-refractivity contribution in [3.63, 3.8) is 0 Å². The SMILES string of the molecule is COc1ccc(-c2csc3nc(-c4ccc(C)cc4C)c(C=O)n23)cc1. The summed E-state index contributed by atoms with van der Waals surface area (Å²) in [6.07, 6.45) is 0.897. The Kier molecular flexibility index (Phi) is 4.09. The second kappa shape index (κ2) is 6.42. The van der Waals surface area contributed by atoms with E-state index in [2.05, 4.69) is 26.0 Å². The molecule has 0 aliphatic heterocycles. The fourth-order valence-electron chi connectivity index (χ4n) is 3.23. The zero-order chi connectivity index (χ0) is 18.3. The lowest BCUT2D eigenvalue weighted by atomic mass is 10.0. The van der Waals surface area contributed by atoms with Gasteiger partial charge < -0.3 is 4.74 Å². The van der Waals surface area contributed by atoms with E-state index >= 15 is 0 Å². The highest BCUT2D eigenvalue weighted by molar-refractivity contribution is 7.15. The van der Waals surface area contributed by atoms with E-state index in [-0.39, 0.29) is 0 Å². The molecule has 130 valence electrons. The number of carbonyl (C=O) groups excluding carboxylic acids is 1. The minimum absolute atomic E-state index is 0.582. The Morgan fingerprint density at radius 2 is 1.88 bits per heavy atom. The molecular formula is C21H18N2O2S. The van der Waals surface area contributed by atoms with Crippen molar-refractivity contribution in [1.29, 1.82) is 0 Å². The molecule has 2 heterocycles. The molecule has 5 heteroatoms. The van der Waals surface area contributed by atoms with Crippen LogP contribution in [-0.2, 0) is 0 Å². The predicted octanol–water partition coefficient (Wildman–Crippen LogP) is 5.17. The van der Waals surface area contributed by atoms with Crippen molar-refractivity contribution in [2.75, 3.05) is 7.11 Å². The summed E-state index contributed by atoms with van der Waals surface area (Å²) in [6, 6.07) is 14.0. The molecule has 0 bridgehead atoms. The lowest BCUT2D eigenvalue weighted by Gasteiger charge is -2.06. The van der Waals surface area contributed by atoms with Gasteiger partial charge in [0.1, 0.15) is 17.1 Å². The van der Waals surface area contributed by atoms with Crippen LogP contribution in [0.3, 0.4) is 0 Å². The van der Waals surface area contributed by atoms with Gasteiger partial charge in [-0.15, -0.1) is 11.3 Å².